The highest BCUT2D eigenvalue weighted by Gasteiger charge is 2.51. The van der Waals surface area contributed by atoms with Gasteiger partial charge in [0.15, 0.2) is 5.13 Å². The Morgan fingerprint density at radius 2 is 1.93 bits per heavy atom. The number of hydrogen-bond donors (Lipinski definition) is 2. The van der Waals surface area contributed by atoms with Crippen molar-refractivity contribution >= 4 is 55.9 Å². The van der Waals surface area contributed by atoms with Crippen molar-refractivity contribution in [1.82, 2.24) is 10.3 Å². The van der Waals surface area contributed by atoms with Crippen LogP contribution in [0.1, 0.15) is 48.5 Å². The molecule has 6 rings (SSSR count). The molecule has 7 nitrogen and oxygen atoms in total. The summed E-state index contributed by atoms with van der Waals surface area (Å²) in [4.78, 5) is 34.6. The summed E-state index contributed by atoms with van der Waals surface area (Å²) in [5, 5.41) is 6.51. The molecule has 6 atom stereocenters. The van der Waals surface area contributed by atoms with Crippen molar-refractivity contribution in [2.45, 2.75) is 56.9 Å². The van der Waals surface area contributed by atoms with Crippen LogP contribution < -0.4 is 20.3 Å². The molecule has 2 heterocycles. The quantitative estimate of drug-likeness (QED) is 0.272. The van der Waals surface area contributed by atoms with Crippen LogP contribution in [0.2, 0.25) is 0 Å². The summed E-state index contributed by atoms with van der Waals surface area (Å²) in [6.45, 7) is 2.16. The fraction of sp³-hybridized carbons (Fsp3) is 0.500. The minimum atomic E-state index is -4.89. The first-order chi connectivity index (χ1) is 20.5. The highest BCUT2D eigenvalue weighted by atomic mass is 32.2. The standard InChI is InChI=1S/C30H32F4N4O3S2/c1-14-10-18(13-42-3)38(14)29-36-21-8-9-22(41-2)24(26(21)43-29)28(40)37-25-16-5-4-15(11-16)23(25)27(39)35-17-6-7-20(31)19(12-17)30(32,33)34/h6-9,12,14-16,18,23,25H,4-5,10-11,13H2,1-3H3,(H,35,39)(H,37,40)/t14?,15-,16?,18?,23+,25?/m1/s1. The molecular formula is C30H32F4N4O3S2. The maximum Gasteiger partial charge on any atom is 0.419 e. The zero-order valence-electron chi connectivity index (χ0n) is 23.8. The first-order valence-corrected chi connectivity index (χ1v) is 16.4. The number of carbonyl (C=O) groups is 2. The largest absolute Gasteiger partial charge is 0.496 e. The molecule has 2 bridgehead atoms. The number of benzene rings is 2. The average Bonchev–Trinajstić information content (AvgIpc) is 3.67. The van der Waals surface area contributed by atoms with Gasteiger partial charge in [-0.1, -0.05) is 11.3 Å². The number of fused-ring (bicyclic) bond motifs is 3. The van der Waals surface area contributed by atoms with Crippen LogP contribution in [0.25, 0.3) is 10.2 Å². The normalized spacial score (nSPS) is 26.4. The number of carbonyl (C=O) groups excluding carboxylic acids is 2. The Hall–Kier alpha value is -3.06. The van der Waals surface area contributed by atoms with Crippen molar-refractivity contribution in [2.75, 3.05) is 29.3 Å². The van der Waals surface area contributed by atoms with Crippen LogP contribution >= 0.6 is 23.1 Å². The first kappa shape index (κ1) is 30.0. The number of nitrogens with one attached hydrogen (secondary N) is 2. The number of aromatic nitrogens is 1. The SMILES string of the molecule is COc1ccc2nc(N3C(C)CC3CSC)sc2c1C(=O)NC1C2CC[C@H](C2)[C@@H]1C(=O)Nc1ccc(F)c(C(F)(F)F)c1. The van der Waals surface area contributed by atoms with Crippen molar-refractivity contribution in [2.24, 2.45) is 17.8 Å². The van der Waals surface area contributed by atoms with Gasteiger partial charge in [-0.15, -0.1) is 0 Å². The third kappa shape index (κ3) is 5.43. The van der Waals surface area contributed by atoms with E-state index < -0.39 is 35.4 Å². The third-order valence-corrected chi connectivity index (χ3v) is 10.9. The molecule has 1 aliphatic heterocycles. The van der Waals surface area contributed by atoms with Crippen LogP contribution in [-0.2, 0) is 11.0 Å². The van der Waals surface area contributed by atoms with E-state index in [2.05, 4.69) is 28.7 Å². The second kappa shape index (κ2) is 11.5. The maximum atomic E-state index is 14.0. The summed E-state index contributed by atoms with van der Waals surface area (Å²) < 4.78 is 59.9. The average molecular weight is 637 g/mol. The molecule has 2 saturated carbocycles. The van der Waals surface area contributed by atoms with E-state index in [0.29, 0.717) is 45.7 Å². The molecule has 13 heteroatoms. The predicted molar refractivity (Wildman–Crippen MR) is 161 cm³/mol. The number of amides is 2. The lowest BCUT2D eigenvalue weighted by molar-refractivity contribution is -0.140. The van der Waals surface area contributed by atoms with Crippen molar-refractivity contribution in [3.05, 3.63) is 47.3 Å². The number of anilines is 2. The number of thiazole rings is 1. The number of ether oxygens (including phenoxy) is 1. The number of nitrogens with zero attached hydrogens (tertiary/aromatic N) is 2. The Morgan fingerprint density at radius 3 is 2.63 bits per heavy atom. The van der Waals surface area contributed by atoms with Gasteiger partial charge in [0, 0.05) is 29.6 Å². The second-order valence-corrected chi connectivity index (χ2v) is 13.5. The molecule has 2 N–H and O–H groups in total. The van der Waals surface area contributed by atoms with Gasteiger partial charge in [0.2, 0.25) is 5.91 Å². The zero-order chi connectivity index (χ0) is 30.6. The molecule has 3 aliphatic rings. The van der Waals surface area contributed by atoms with Gasteiger partial charge in [-0.2, -0.15) is 24.9 Å². The Balaban J connectivity index is 1.26. The van der Waals surface area contributed by atoms with Crippen LogP contribution in [0, 0.1) is 23.6 Å². The van der Waals surface area contributed by atoms with E-state index in [1.807, 2.05) is 6.07 Å². The van der Waals surface area contributed by atoms with Crippen LogP contribution in [-0.4, -0.2) is 54.0 Å². The van der Waals surface area contributed by atoms with Gasteiger partial charge in [-0.25, -0.2) is 9.37 Å². The van der Waals surface area contributed by atoms with E-state index in [1.165, 1.54) is 18.4 Å². The van der Waals surface area contributed by atoms with Gasteiger partial charge >= 0.3 is 6.18 Å². The molecule has 3 fully saturated rings. The molecule has 2 aromatic carbocycles. The Labute approximate surface area is 254 Å². The lowest BCUT2D eigenvalue weighted by Gasteiger charge is -2.47. The maximum absolute atomic E-state index is 14.0. The van der Waals surface area contributed by atoms with Crippen LogP contribution in [0.4, 0.5) is 28.4 Å². The monoisotopic (exact) mass is 636 g/mol. The number of rotatable bonds is 8. The highest BCUT2D eigenvalue weighted by Crippen LogP contribution is 2.49. The molecule has 2 aliphatic carbocycles. The summed E-state index contributed by atoms with van der Waals surface area (Å²) in [6.07, 6.45) is 0.620. The van der Waals surface area contributed by atoms with Crippen molar-refractivity contribution in [1.29, 1.82) is 0 Å². The molecule has 0 spiro atoms. The number of hydrogen-bond acceptors (Lipinski definition) is 7. The summed E-state index contributed by atoms with van der Waals surface area (Å²) in [5.41, 5.74) is -0.546. The Kier molecular flexibility index (Phi) is 7.99. The lowest BCUT2D eigenvalue weighted by atomic mass is 9.83. The Bertz CT molecular complexity index is 1560. The summed E-state index contributed by atoms with van der Waals surface area (Å²) >= 11 is 3.24. The number of thioether (sulfide) groups is 1. The van der Waals surface area contributed by atoms with E-state index in [0.717, 1.165) is 42.6 Å². The zero-order valence-corrected chi connectivity index (χ0v) is 25.5. The molecule has 1 aromatic heterocycles. The number of alkyl halides is 3. The minimum Gasteiger partial charge on any atom is -0.496 e. The minimum absolute atomic E-state index is 0.0215. The fourth-order valence-electron chi connectivity index (χ4n) is 7.13. The molecular weight excluding hydrogens is 604 g/mol. The van der Waals surface area contributed by atoms with E-state index >= 15 is 0 Å². The number of halogens is 4. The lowest BCUT2D eigenvalue weighted by Crippen LogP contribution is -2.56. The van der Waals surface area contributed by atoms with Gasteiger partial charge in [-0.05, 0) is 81.0 Å². The second-order valence-electron chi connectivity index (χ2n) is 11.6. The van der Waals surface area contributed by atoms with Crippen molar-refractivity contribution in [3.8, 4) is 5.75 Å². The van der Waals surface area contributed by atoms with Crippen LogP contribution in [0.3, 0.4) is 0 Å². The van der Waals surface area contributed by atoms with Gasteiger partial charge < -0.3 is 20.3 Å². The molecule has 3 aromatic rings. The molecule has 4 unspecified atom stereocenters. The number of methoxy groups -OCH3 is 1. The summed E-state index contributed by atoms with van der Waals surface area (Å²) in [7, 11) is 1.50. The van der Waals surface area contributed by atoms with Gasteiger partial charge in [0.1, 0.15) is 17.1 Å². The molecule has 230 valence electrons. The van der Waals surface area contributed by atoms with Crippen molar-refractivity contribution < 1.29 is 31.9 Å². The fourth-order valence-corrected chi connectivity index (χ4v) is 9.09. The first-order valence-electron chi connectivity index (χ1n) is 14.2. The van der Waals surface area contributed by atoms with E-state index in [9.17, 15) is 27.2 Å². The van der Waals surface area contributed by atoms with Crippen LogP contribution in [0.15, 0.2) is 30.3 Å². The summed E-state index contributed by atoms with van der Waals surface area (Å²) in [6, 6.07) is 6.18. The van der Waals surface area contributed by atoms with Crippen molar-refractivity contribution in [3.63, 3.8) is 0 Å². The summed E-state index contributed by atoms with van der Waals surface area (Å²) in [5.74, 6) is -1.51. The van der Waals surface area contributed by atoms with Crippen LogP contribution in [0.5, 0.6) is 5.75 Å². The smallest absolute Gasteiger partial charge is 0.419 e. The van der Waals surface area contributed by atoms with E-state index in [1.54, 1.807) is 17.8 Å². The molecule has 43 heavy (non-hydrogen) atoms. The van der Waals surface area contributed by atoms with Gasteiger partial charge in [-0.3, -0.25) is 9.59 Å². The molecule has 2 amide bonds. The van der Waals surface area contributed by atoms with E-state index in [4.69, 9.17) is 9.72 Å². The molecule has 0 radical (unpaired) electrons. The van der Waals surface area contributed by atoms with Gasteiger partial charge in [0.05, 0.1) is 28.8 Å². The third-order valence-electron chi connectivity index (χ3n) is 9.07. The molecule has 1 saturated heterocycles. The van der Waals surface area contributed by atoms with Gasteiger partial charge in [0.25, 0.3) is 5.91 Å². The predicted octanol–water partition coefficient (Wildman–Crippen LogP) is 6.58. The highest BCUT2D eigenvalue weighted by molar-refractivity contribution is 7.98. The van der Waals surface area contributed by atoms with E-state index in [-0.39, 0.29) is 23.4 Å². The topological polar surface area (TPSA) is 83.6 Å². The Morgan fingerprint density at radius 1 is 1.16 bits per heavy atom.